The van der Waals surface area contributed by atoms with Gasteiger partial charge in [0.15, 0.2) is 0 Å². The fourth-order valence-electron chi connectivity index (χ4n) is 3.78. The summed E-state index contributed by atoms with van der Waals surface area (Å²) in [5.74, 6) is -0.526. The molecule has 1 aliphatic heterocycles. The number of hydrogen-bond donors (Lipinski definition) is 0. The van der Waals surface area contributed by atoms with Crippen molar-refractivity contribution in [1.82, 2.24) is 14.7 Å². The summed E-state index contributed by atoms with van der Waals surface area (Å²) in [5.41, 5.74) is 0. The SMILES string of the molecule is C[C@@H]1CCCC[C@@H]1N1C(=O)C(=O)N(CN(C)CCOc2ccc(Cl)cc2)C1=O. The quantitative estimate of drug-likeness (QED) is 0.513. The average Bonchev–Trinajstić information content (AvgIpc) is 2.87. The Morgan fingerprint density at radius 1 is 1.11 bits per heavy atom. The van der Waals surface area contributed by atoms with Crippen molar-refractivity contribution in [2.75, 3.05) is 26.9 Å². The number of rotatable bonds is 7. The van der Waals surface area contributed by atoms with E-state index in [0.717, 1.165) is 30.6 Å². The predicted octanol–water partition coefficient (Wildman–Crippen LogP) is 2.98. The van der Waals surface area contributed by atoms with E-state index < -0.39 is 17.8 Å². The van der Waals surface area contributed by atoms with E-state index in [1.165, 1.54) is 4.90 Å². The van der Waals surface area contributed by atoms with Crippen LogP contribution in [0, 0.1) is 5.92 Å². The van der Waals surface area contributed by atoms with Gasteiger partial charge < -0.3 is 4.74 Å². The van der Waals surface area contributed by atoms with Crippen LogP contribution in [0.1, 0.15) is 32.6 Å². The molecule has 0 N–H and O–H groups in total. The van der Waals surface area contributed by atoms with Crippen LogP contribution < -0.4 is 4.74 Å². The Balaban J connectivity index is 1.54. The molecule has 7 nitrogen and oxygen atoms in total. The zero-order valence-electron chi connectivity index (χ0n) is 16.3. The molecular weight excluding hydrogens is 382 g/mol. The van der Waals surface area contributed by atoms with Crippen molar-refractivity contribution in [3.8, 4) is 5.75 Å². The molecule has 2 fully saturated rings. The third kappa shape index (κ3) is 4.47. The van der Waals surface area contributed by atoms with Crippen LogP contribution in [-0.4, -0.2) is 65.5 Å². The first-order valence-electron chi connectivity index (χ1n) is 9.64. The molecule has 1 saturated carbocycles. The first-order chi connectivity index (χ1) is 13.4. The number of hydrogen-bond acceptors (Lipinski definition) is 5. The van der Waals surface area contributed by atoms with Gasteiger partial charge in [0.1, 0.15) is 12.4 Å². The minimum atomic E-state index is -0.742. The minimum absolute atomic E-state index is 0.0605. The zero-order chi connectivity index (χ0) is 20.3. The van der Waals surface area contributed by atoms with Crippen molar-refractivity contribution in [3.05, 3.63) is 29.3 Å². The number of imide groups is 2. The molecule has 0 unspecified atom stereocenters. The second-order valence-corrected chi connectivity index (χ2v) is 7.98. The van der Waals surface area contributed by atoms with Gasteiger partial charge in [-0.05, 0) is 50.1 Å². The van der Waals surface area contributed by atoms with Gasteiger partial charge in [0.2, 0.25) is 0 Å². The fourth-order valence-corrected chi connectivity index (χ4v) is 3.91. The van der Waals surface area contributed by atoms with E-state index >= 15 is 0 Å². The Bertz CT molecular complexity index is 739. The Morgan fingerprint density at radius 3 is 2.46 bits per heavy atom. The van der Waals surface area contributed by atoms with Gasteiger partial charge in [-0.15, -0.1) is 0 Å². The molecule has 0 spiro atoms. The number of halogens is 1. The number of urea groups is 1. The maximum Gasteiger partial charge on any atom is 0.335 e. The highest BCUT2D eigenvalue weighted by molar-refractivity contribution is 6.44. The van der Waals surface area contributed by atoms with E-state index in [0.29, 0.717) is 23.9 Å². The molecule has 8 heteroatoms. The number of carbonyl (C=O) groups is 3. The maximum absolute atomic E-state index is 12.8. The van der Waals surface area contributed by atoms with Crippen molar-refractivity contribution in [2.24, 2.45) is 5.92 Å². The molecule has 1 heterocycles. The summed E-state index contributed by atoms with van der Waals surface area (Å²) in [4.78, 5) is 41.6. The van der Waals surface area contributed by atoms with Gasteiger partial charge in [-0.25, -0.2) is 9.69 Å². The van der Waals surface area contributed by atoms with E-state index in [4.69, 9.17) is 16.3 Å². The number of amides is 4. The van der Waals surface area contributed by atoms with Gasteiger partial charge in [0.25, 0.3) is 0 Å². The van der Waals surface area contributed by atoms with Gasteiger partial charge in [0, 0.05) is 17.6 Å². The largest absolute Gasteiger partial charge is 0.492 e. The molecule has 0 aromatic heterocycles. The Kier molecular flexibility index (Phi) is 6.57. The Morgan fingerprint density at radius 2 is 1.79 bits per heavy atom. The lowest BCUT2D eigenvalue weighted by Gasteiger charge is -2.34. The molecule has 28 heavy (non-hydrogen) atoms. The molecule has 0 bridgehead atoms. The molecule has 1 aromatic rings. The lowest BCUT2D eigenvalue weighted by atomic mass is 9.85. The molecule has 1 aromatic carbocycles. The second-order valence-electron chi connectivity index (χ2n) is 7.54. The van der Waals surface area contributed by atoms with E-state index in [1.54, 1.807) is 36.2 Å². The summed E-state index contributed by atoms with van der Waals surface area (Å²) in [7, 11) is 1.78. The van der Waals surface area contributed by atoms with E-state index in [1.807, 2.05) is 6.92 Å². The average molecular weight is 408 g/mol. The third-order valence-corrected chi connectivity index (χ3v) is 5.67. The summed E-state index contributed by atoms with van der Waals surface area (Å²) in [6.07, 6.45) is 3.81. The Labute approximate surface area is 170 Å². The smallest absolute Gasteiger partial charge is 0.335 e. The molecule has 3 rings (SSSR count). The molecule has 1 saturated heterocycles. The topological polar surface area (TPSA) is 70.2 Å². The van der Waals surface area contributed by atoms with Gasteiger partial charge in [-0.2, -0.15) is 0 Å². The molecule has 2 atom stereocenters. The summed E-state index contributed by atoms with van der Waals surface area (Å²) < 4.78 is 5.64. The highest BCUT2D eigenvalue weighted by Crippen LogP contribution is 2.31. The standard InChI is InChI=1S/C20H26ClN3O4/c1-14-5-3-4-6-17(14)24-19(26)18(25)23(20(24)27)13-22(2)11-12-28-16-9-7-15(21)8-10-16/h7-10,14,17H,3-6,11-13H2,1-2H3/t14-,17+/m1/s1. The molecule has 152 valence electrons. The maximum atomic E-state index is 12.8. The van der Waals surface area contributed by atoms with Crippen molar-refractivity contribution < 1.29 is 19.1 Å². The van der Waals surface area contributed by atoms with Crippen molar-refractivity contribution in [3.63, 3.8) is 0 Å². The van der Waals surface area contributed by atoms with Crippen LogP contribution in [0.5, 0.6) is 5.75 Å². The highest BCUT2D eigenvalue weighted by Gasteiger charge is 2.49. The Hall–Kier alpha value is -2.12. The second kappa shape index (κ2) is 8.92. The zero-order valence-corrected chi connectivity index (χ0v) is 17.0. The number of likely N-dealkylation sites (N-methyl/N-ethyl adjacent to an activating group) is 1. The van der Waals surface area contributed by atoms with E-state index in [-0.39, 0.29) is 18.6 Å². The summed E-state index contributed by atoms with van der Waals surface area (Å²) >= 11 is 5.84. The summed E-state index contributed by atoms with van der Waals surface area (Å²) in [6, 6.07) is 6.36. The molecule has 4 amide bonds. The van der Waals surface area contributed by atoms with Crippen LogP contribution in [-0.2, 0) is 9.59 Å². The monoisotopic (exact) mass is 407 g/mol. The molecule has 1 aliphatic carbocycles. The lowest BCUT2D eigenvalue weighted by Crippen LogP contribution is -2.47. The van der Waals surface area contributed by atoms with Gasteiger partial charge in [-0.3, -0.25) is 19.4 Å². The van der Waals surface area contributed by atoms with Crippen LogP contribution in [0.15, 0.2) is 24.3 Å². The number of nitrogens with zero attached hydrogens (tertiary/aromatic N) is 3. The normalized spacial score (nSPS) is 23.1. The van der Waals surface area contributed by atoms with E-state index in [2.05, 4.69) is 0 Å². The van der Waals surface area contributed by atoms with Gasteiger partial charge in [-0.1, -0.05) is 31.4 Å². The van der Waals surface area contributed by atoms with Crippen LogP contribution >= 0.6 is 11.6 Å². The lowest BCUT2D eigenvalue weighted by molar-refractivity contribution is -0.145. The minimum Gasteiger partial charge on any atom is -0.492 e. The predicted molar refractivity (Wildman–Crippen MR) is 105 cm³/mol. The summed E-state index contributed by atoms with van der Waals surface area (Å²) in [5, 5.41) is 0.636. The number of carbonyl (C=O) groups excluding carboxylic acids is 3. The first-order valence-corrected chi connectivity index (χ1v) is 10.0. The van der Waals surface area contributed by atoms with Crippen molar-refractivity contribution >= 4 is 29.4 Å². The summed E-state index contributed by atoms with van der Waals surface area (Å²) in [6.45, 7) is 2.97. The fraction of sp³-hybridized carbons (Fsp3) is 0.550. The highest BCUT2D eigenvalue weighted by atomic mass is 35.5. The van der Waals surface area contributed by atoms with E-state index in [9.17, 15) is 14.4 Å². The molecule has 0 radical (unpaired) electrons. The van der Waals surface area contributed by atoms with Gasteiger partial charge in [0.05, 0.1) is 6.67 Å². The molecule has 2 aliphatic rings. The number of ether oxygens (including phenoxy) is 1. The van der Waals surface area contributed by atoms with Crippen molar-refractivity contribution in [2.45, 2.75) is 38.6 Å². The van der Waals surface area contributed by atoms with Crippen LogP contribution in [0.4, 0.5) is 4.79 Å². The molecular formula is C20H26ClN3O4. The van der Waals surface area contributed by atoms with Crippen LogP contribution in [0.25, 0.3) is 0 Å². The van der Waals surface area contributed by atoms with Crippen LogP contribution in [0.2, 0.25) is 5.02 Å². The van der Waals surface area contributed by atoms with Crippen LogP contribution in [0.3, 0.4) is 0 Å². The first kappa shape index (κ1) is 20.6. The third-order valence-electron chi connectivity index (χ3n) is 5.42. The van der Waals surface area contributed by atoms with Gasteiger partial charge >= 0.3 is 17.8 Å². The number of benzene rings is 1. The van der Waals surface area contributed by atoms with Crippen molar-refractivity contribution in [1.29, 1.82) is 0 Å².